The van der Waals surface area contributed by atoms with Crippen LogP contribution in [-0.4, -0.2) is 30.7 Å². The van der Waals surface area contributed by atoms with Crippen molar-refractivity contribution in [3.05, 3.63) is 28.7 Å². The Morgan fingerprint density at radius 1 is 1.41 bits per heavy atom. The average Bonchev–Trinajstić information content (AvgIpc) is 3.23. The lowest BCUT2D eigenvalue weighted by Gasteiger charge is -2.05. The predicted molar refractivity (Wildman–Crippen MR) is 79.3 cm³/mol. The van der Waals surface area contributed by atoms with Gasteiger partial charge in [0.15, 0.2) is 15.4 Å². The SMILES string of the molecule is Cn1c(=O)oc2cc(S(=O)(=O)CCC(=O)NC3CC3)ccc21. The van der Waals surface area contributed by atoms with Crippen LogP contribution in [-0.2, 0) is 21.7 Å². The highest BCUT2D eigenvalue weighted by atomic mass is 32.2. The molecule has 1 saturated carbocycles. The van der Waals surface area contributed by atoms with Crippen molar-refractivity contribution in [3.8, 4) is 0 Å². The number of oxazole rings is 1. The lowest BCUT2D eigenvalue weighted by Crippen LogP contribution is -2.27. The minimum absolute atomic E-state index is 0.0496. The topological polar surface area (TPSA) is 98.4 Å². The summed E-state index contributed by atoms with van der Waals surface area (Å²) in [4.78, 5) is 23.1. The first-order valence-electron chi connectivity index (χ1n) is 6.98. The van der Waals surface area contributed by atoms with Crippen molar-refractivity contribution in [1.29, 1.82) is 0 Å². The summed E-state index contributed by atoms with van der Waals surface area (Å²) in [5.41, 5.74) is 0.742. The highest BCUT2D eigenvalue weighted by Crippen LogP contribution is 2.21. The number of carbonyl (C=O) groups is 1. The molecule has 0 atom stereocenters. The number of benzene rings is 1. The number of nitrogens with zero attached hydrogens (tertiary/aromatic N) is 1. The zero-order valence-corrected chi connectivity index (χ0v) is 12.9. The third-order valence-corrected chi connectivity index (χ3v) is 5.38. The summed E-state index contributed by atoms with van der Waals surface area (Å²) >= 11 is 0. The van der Waals surface area contributed by atoms with E-state index in [2.05, 4.69) is 5.32 Å². The van der Waals surface area contributed by atoms with Crippen LogP contribution in [0.3, 0.4) is 0 Å². The molecule has 0 saturated heterocycles. The van der Waals surface area contributed by atoms with E-state index in [1.165, 1.54) is 22.8 Å². The molecule has 1 aliphatic rings. The van der Waals surface area contributed by atoms with E-state index < -0.39 is 15.6 Å². The fraction of sp³-hybridized carbons (Fsp3) is 0.429. The van der Waals surface area contributed by atoms with Gasteiger partial charge in [-0.3, -0.25) is 9.36 Å². The number of carbonyl (C=O) groups excluding carboxylic acids is 1. The molecule has 118 valence electrons. The molecule has 1 aromatic heterocycles. The zero-order valence-electron chi connectivity index (χ0n) is 12.0. The molecule has 0 unspecified atom stereocenters. The zero-order chi connectivity index (χ0) is 15.9. The first-order chi connectivity index (χ1) is 10.4. The van der Waals surface area contributed by atoms with Gasteiger partial charge in [0.25, 0.3) is 0 Å². The van der Waals surface area contributed by atoms with E-state index in [1.807, 2.05) is 0 Å². The number of amides is 1. The first kappa shape index (κ1) is 14.8. The van der Waals surface area contributed by atoms with Crippen LogP contribution in [0.1, 0.15) is 19.3 Å². The standard InChI is InChI=1S/C14H16N2O5S/c1-16-11-5-4-10(8-12(11)21-14(16)18)22(19,20)7-6-13(17)15-9-2-3-9/h4-5,8-9H,2-3,6-7H2,1H3,(H,15,17). The van der Waals surface area contributed by atoms with Gasteiger partial charge < -0.3 is 9.73 Å². The van der Waals surface area contributed by atoms with E-state index in [0.717, 1.165) is 12.8 Å². The Balaban J connectivity index is 1.78. The molecular weight excluding hydrogens is 308 g/mol. The molecule has 0 radical (unpaired) electrons. The Bertz CT molecular complexity index is 890. The van der Waals surface area contributed by atoms with Crippen molar-refractivity contribution < 1.29 is 17.6 Å². The van der Waals surface area contributed by atoms with Gasteiger partial charge in [0, 0.05) is 25.6 Å². The summed E-state index contributed by atoms with van der Waals surface area (Å²) in [6.07, 6.45) is 1.85. The Labute approximate surface area is 126 Å². The van der Waals surface area contributed by atoms with Gasteiger partial charge in [0.05, 0.1) is 16.2 Å². The van der Waals surface area contributed by atoms with E-state index >= 15 is 0 Å². The molecule has 1 amide bonds. The molecule has 1 aliphatic carbocycles. The second-order valence-electron chi connectivity index (χ2n) is 5.47. The Hall–Kier alpha value is -2.09. The average molecular weight is 324 g/mol. The summed E-state index contributed by atoms with van der Waals surface area (Å²) < 4.78 is 30.8. The molecule has 1 aromatic carbocycles. The minimum Gasteiger partial charge on any atom is -0.408 e. The number of sulfone groups is 1. The third-order valence-electron chi connectivity index (χ3n) is 3.66. The van der Waals surface area contributed by atoms with Gasteiger partial charge >= 0.3 is 5.76 Å². The molecule has 8 heteroatoms. The molecule has 1 N–H and O–H groups in total. The van der Waals surface area contributed by atoms with Crippen LogP contribution in [0.4, 0.5) is 0 Å². The summed E-state index contributed by atoms with van der Waals surface area (Å²) in [5, 5.41) is 2.75. The smallest absolute Gasteiger partial charge is 0.408 e. The van der Waals surface area contributed by atoms with Crippen molar-refractivity contribution >= 4 is 26.8 Å². The molecule has 7 nitrogen and oxygen atoms in total. The van der Waals surface area contributed by atoms with Gasteiger partial charge in [0.2, 0.25) is 5.91 Å². The molecule has 0 bridgehead atoms. The fourth-order valence-corrected chi connectivity index (χ4v) is 3.43. The monoisotopic (exact) mass is 324 g/mol. The number of rotatable bonds is 5. The first-order valence-corrected chi connectivity index (χ1v) is 8.64. The lowest BCUT2D eigenvalue weighted by molar-refractivity contribution is -0.120. The largest absolute Gasteiger partial charge is 0.419 e. The molecule has 22 heavy (non-hydrogen) atoms. The van der Waals surface area contributed by atoms with Gasteiger partial charge in [-0.05, 0) is 25.0 Å². The van der Waals surface area contributed by atoms with Crippen LogP contribution in [0.5, 0.6) is 0 Å². The van der Waals surface area contributed by atoms with Crippen molar-refractivity contribution in [2.45, 2.75) is 30.2 Å². The Morgan fingerprint density at radius 2 is 2.14 bits per heavy atom. The normalized spacial score (nSPS) is 15.1. The van der Waals surface area contributed by atoms with Gasteiger partial charge in [-0.1, -0.05) is 0 Å². The van der Waals surface area contributed by atoms with E-state index in [0.29, 0.717) is 5.52 Å². The second kappa shape index (κ2) is 5.28. The lowest BCUT2D eigenvalue weighted by atomic mass is 10.3. The molecule has 1 heterocycles. The van der Waals surface area contributed by atoms with Crippen molar-refractivity contribution in [1.82, 2.24) is 9.88 Å². The quantitative estimate of drug-likeness (QED) is 0.867. The van der Waals surface area contributed by atoms with Gasteiger partial charge in [0.1, 0.15) is 0 Å². The number of nitrogens with one attached hydrogen (secondary N) is 1. The maximum Gasteiger partial charge on any atom is 0.419 e. The summed E-state index contributed by atoms with van der Waals surface area (Å²) in [6, 6.07) is 4.48. The number of aromatic nitrogens is 1. The van der Waals surface area contributed by atoms with Crippen LogP contribution in [0.15, 0.2) is 32.3 Å². The Morgan fingerprint density at radius 3 is 2.82 bits per heavy atom. The van der Waals surface area contributed by atoms with Crippen LogP contribution >= 0.6 is 0 Å². The van der Waals surface area contributed by atoms with Crippen LogP contribution in [0, 0.1) is 0 Å². The minimum atomic E-state index is -3.60. The second-order valence-corrected chi connectivity index (χ2v) is 7.58. The molecule has 2 aromatic rings. The maximum atomic E-state index is 12.3. The highest BCUT2D eigenvalue weighted by Gasteiger charge is 2.24. The van der Waals surface area contributed by atoms with E-state index in [4.69, 9.17) is 4.42 Å². The number of hydrogen-bond acceptors (Lipinski definition) is 5. The predicted octanol–water partition coefficient (Wildman–Crippen LogP) is 0.574. The van der Waals surface area contributed by atoms with Crippen molar-refractivity contribution in [2.24, 2.45) is 7.05 Å². The van der Waals surface area contributed by atoms with Gasteiger partial charge in [-0.2, -0.15) is 0 Å². The molecule has 0 spiro atoms. The summed E-state index contributed by atoms with van der Waals surface area (Å²) in [5.74, 6) is -1.07. The third kappa shape index (κ3) is 2.92. The van der Waals surface area contributed by atoms with Crippen LogP contribution in [0.2, 0.25) is 0 Å². The van der Waals surface area contributed by atoms with E-state index in [-0.39, 0.29) is 34.6 Å². The van der Waals surface area contributed by atoms with Gasteiger partial charge in [-0.15, -0.1) is 0 Å². The molecule has 3 rings (SSSR count). The molecule has 0 aliphatic heterocycles. The number of fused-ring (bicyclic) bond motifs is 1. The molecule has 1 fully saturated rings. The van der Waals surface area contributed by atoms with Crippen LogP contribution in [0.25, 0.3) is 11.1 Å². The van der Waals surface area contributed by atoms with E-state index in [9.17, 15) is 18.0 Å². The summed E-state index contributed by atoms with van der Waals surface area (Å²) in [7, 11) is -2.05. The van der Waals surface area contributed by atoms with Gasteiger partial charge in [-0.25, -0.2) is 13.2 Å². The molecular formula is C14H16N2O5S. The van der Waals surface area contributed by atoms with Crippen LogP contribution < -0.4 is 11.1 Å². The van der Waals surface area contributed by atoms with Crippen molar-refractivity contribution in [3.63, 3.8) is 0 Å². The van der Waals surface area contributed by atoms with Crippen molar-refractivity contribution in [2.75, 3.05) is 5.75 Å². The Kier molecular flexibility index (Phi) is 3.56. The fourth-order valence-electron chi connectivity index (χ4n) is 2.18. The summed E-state index contributed by atoms with van der Waals surface area (Å²) in [6.45, 7) is 0. The number of hydrogen-bond donors (Lipinski definition) is 1. The number of aryl methyl sites for hydroxylation is 1. The van der Waals surface area contributed by atoms with E-state index in [1.54, 1.807) is 7.05 Å². The maximum absolute atomic E-state index is 12.3. The highest BCUT2D eigenvalue weighted by molar-refractivity contribution is 7.91.